The van der Waals surface area contributed by atoms with Crippen molar-refractivity contribution in [2.24, 2.45) is 0 Å². The van der Waals surface area contributed by atoms with Gasteiger partial charge in [0.25, 0.3) is 0 Å². The molecule has 0 aliphatic rings. The van der Waals surface area contributed by atoms with E-state index in [0.29, 0.717) is 19.3 Å². The van der Waals surface area contributed by atoms with E-state index in [9.17, 15) is 14.4 Å². The van der Waals surface area contributed by atoms with Crippen LogP contribution in [0.1, 0.15) is 290 Å². The maximum absolute atomic E-state index is 12.9. The Hall–Kier alpha value is -3.15. The molecule has 0 aliphatic heterocycles. The SMILES string of the molecule is CCCCC/C=C\C/C=C\C/C=C\C/C=C\CCCC(=O)OCC(COC(=O)CCCCCCCCC/C=C\CCCCCCCC)OC(=O)CCCCCCCCC/C=C\CCCCCCCC. The van der Waals surface area contributed by atoms with Crippen LogP contribution in [0.2, 0.25) is 0 Å². The molecule has 398 valence electrons. The zero-order chi connectivity index (χ0) is 50.0. The van der Waals surface area contributed by atoms with Crippen molar-refractivity contribution in [3.63, 3.8) is 0 Å². The summed E-state index contributed by atoms with van der Waals surface area (Å²) in [5.41, 5.74) is 0. The molecule has 1 unspecified atom stereocenters. The minimum atomic E-state index is -0.802. The molecule has 0 radical (unpaired) electrons. The van der Waals surface area contributed by atoms with Gasteiger partial charge in [-0.15, -0.1) is 0 Å². The summed E-state index contributed by atoms with van der Waals surface area (Å²) in [5, 5.41) is 0. The Morgan fingerprint density at radius 3 is 0.913 bits per heavy atom. The number of hydrogen-bond donors (Lipinski definition) is 0. The molecular weight excluding hydrogens is 853 g/mol. The lowest BCUT2D eigenvalue weighted by Crippen LogP contribution is -2.30. The van der Waals surface area contributed by atoms with Crippen molar-refractivity contribution in [1.82, 2.24) is 0 Å². The summed E-state index contributed by atoms with van der Waals surface area (Å²) in [6.45, 7) is 6.57. The van der Waals surface area contributed by atoms with Crippen LogP contribution >= 0.6 is 0 Å². The molecule has 0 aromatic rings. The predicted molar refractivity (Wildman–Crippen MR) is 298 cm³/mol. The molecule has 0 aromatic heterocycles. The van der Waals surface area contributed by atoms with Crippen LogP contribution in [-0.4, -0.2) is 37.2 Å². The molecule has 6 heteroatoms. The highest BCUT2D eigenvalue weighted by atomic mass is 16.6. The molecule has 1 atom stereocenters. The van der Waals surface area contributed by atoms with Gasteiger partial charge in [-0.25, -0.2) is 0 Å². The van der Waals surface area contributed by atoms with Crippen LogP contribution in [0.5, 0.6) is 0 Å². The fourth-order valence-corrected chi connectivity index (χ4v) is 8.19. The summed E-state index contributed by atoms with van der Waals surface area (Å²) in [5.74, 6) is -0.953. The Kier molecular flexibility index (Phi) is 54.8. The fraction of sp³-hybridized carbons (Fsp3) is 0.762. The molecule has 0 aromatic carbocycles. The summed E-state index contributed by atoms with van der Waals surface area (Å²) < 4.78 is 16.8. The van der Waals surface area contributed by atoms with Gasteiger partial charge >= 0.3 is 17.9 Å². The minimum Gasteiger partial charge on any atom is -0.462 e. The fourth-order valence-electron chi connectivity index (χ4n) is 8.19. The van der Waals surface area contributed by atoms with E-state index >= 15 is 0 Å². The van der Waals surface area contributed by atoms with E-state index in [0.717, 1.165) is 64.2 Å². The van der Waals surface area contributed by atoms with E-state index in [1.54, 1.807) is 0 Å². The summed E-state index contributed by atoms with van der Waals surface area (Å²) in [6.07, 6.45) is 73.2. The smallest absolute Gasteiger partial charge is 0.306 e. The second-order valence-corrected chi connectivity index (χ2v) is 19.5. The molecule has 0 N–H and O–H groups in total. The maximum atomic E-state index is 12.9. The lowest BCUT2D eigenvalue weighted by Gasteiger charge is -2.18. The first kappa shape index (κ1) is 65.8. The first-order valence-electron chi connectivity index (χ1n) is 29.4. The number of ether oxygens (including phenoxy) is 3. The van der Waals surface area contributed by atoms with Gasteiger partial charge in [-0.3, -0.25) is 14.4 Å². The summed E-state index contributed by atoms with van der Waals surface area (Å²) in [4.78, 5) is 38.2. The van der Waals surface area contributed by atoms with Gasteiger partial charge < -0.3 is 14.2 Å². The van der Waals surface area contributed by atoms with Crippen molar-refractivity contribution in [3.8, 4) is 0 Å². The van der Waals surface area contributed by atoms with Crippen molar-refractivity contribution in [1.29, 1.82) is 0 Å². The normalized spacial score (nSPS) is 12.6. The van der Waals surface area contributed by atoms with E-state index < -0.39 is 6.10 Å². The summed E-state index contributed by atoms with van der Waals surface area (Å²) >= 11 is 0. The molecule has 0 amide bonds. The minimum absolute atomic E-state index is 0.0955. The summed E-state index contributed by atoms with van der Waals surface area (Å²) in [7, 11) is 0. The molecule has 0 aliphatic carbocycles. The lowest BCUT2D eigenvalue weighted by molar-refractivity contribution is -0.167. The number of carbonyl (C=O) groups is 3. The van der Waals surface area contributed by atoms with Crippen LogP contribution in [0.3, 0.4) is 0 Å². The van der Waals surface area contributed by atoms with E-state index in [1.165, 1.54) is 180 Å². The highest BCUT2D eigenvalue weighted by Crippen LogP contribution is 2.15. The highest BCUT2D eigenvalue weighted by molar-refractivity contribution is 5.71. The van der Waals surface area contributed by atoms with Crippen molar-refractivity contribution < 1.29 is 28.6 Å². The third kappa shape index (κ3) is 55.6. The molecule has 0 rings (SSSR count). The second kappa shape index (κ2) is 57.4. The molecule has 0 spiro atoms. The van der Waals surface area contributed by atoms with Crippen LogP contribution in [0.25, 0.3) is 0 Å². The zero-order valence-corrected chi connectivity index (χ0v) is 45.6. The first-order valence-corrected chi connectivity index (χ1v) is 29.4. The number of carbonyl (C=O) groups excluding carboxylic acids is 3. The lowest BCUT2D eigenvalue weighted by atomic mass is 10.1. The van der Waals surface area contributed by atoms with Gasteiger partial charge in [0.15, 0.2) is 6.10 Å². The molecule has 0 heterocycles. The van der Waals surface area contributed by atoms with Crippen LogP contribution in [0.15, 0.2) is 72.9 Å². The van der Waals surface area contributed by atoms with Crippen molar-refractivity contribution >= 4 is 17.9 Å². The Morgan fingerprint density at radius 1 is 0.290 bits per heavy atom. The average Bonchev–Trinajstić information content (AvgIpc) is 3.35. The number of unbranched alkanes of at least 4 members (excludes halogenated alkanes) is 30. The highest BCUT2D eigenvalue weighted by Gasteiger charge is 2.19. The predicted octanol–water partition coefficient (Wildman–Crippen LogP) is 19.8. The Bertz CT molecular complexity index is 1290. The summed E-state index contributed by atoms with van der Waals surface area (Å²) in [6, 6.07) is 0. The molecule has 0 bridgehead atoms. The van der Waals surface area contributed by atoms with Gasteiger partial charge in [-0.1, -0.05) is 235 Å². The number of rotatable bonds is 53. The third-order valence-electron chi connectivity index (χ3n) is 12.7. The Labute approximate surface area is 427 Å². The topological polar surface area (TPSA) is 78.9 Å². The monoisotopic (exact) mass is 963 g/mol. The van der Waals surface area contributed by atoms with Crippen molar-refractivity contribution in [3.05, 3.63) is 72.9 Å². The van der Waals surface area contributed by atoms with Gasteiger partial charge in [0.05, 0.1) is 0 Å². The standard InChI is InChI=1S/C63H110O6/c1-4-7-10-13-16-19-22-25-28-31-34-37-40-43-46-49-52-55-61(64)67-58-60(69-63(66)57-54-51-48-45-42-39-36-33-30-27-24-21-18-15-12-9-6-3)59-68-62(65)56-53-50-47-44-41-38-35-32-29-26-23-20-17-14-11-8-5-2/h16,19,25-30,34,37,43,46,60H,4-15,17-18,20-24,31-33,35-36,38-42,44-45,47-59H2,1-3H3/b19-16-,28-25-,29-26-,30-27-,37-34-,46-43-. The van der Waals surface area contributed by atoms with Crippen LogP contribution in [0.4, 0.5) is 0 Å². The molecule has 69 heavy (non-hydrogen) atoms. The molecule has 0 saturated heterocycles. The average molecular weight is 964 g/mol. The molecule has 0 fully saturated rings. The zero-order valence-electron chi connectivity index (χ0n) is 45.6. The second-order valence-electron chi connectivity index (χ2n) is 19.5. The van der Waals surface area contributed by atoms with Crippen LogP contribution in [-0.2, 0) is 28.6 Å². The van der Waals surface area contributed by atoms with Crippen molar-refractivity contribution in [2.45, 2.75) is 297 Å². The van der Waals surface area contributed by atoms with Crippen molar-refractivity contribution in [2.75, 3.05) is 13.2 Å². The molecule has 6 nitrogen and oxygen atoms in total. The Morgan fingerprint density at radius 2 is 0.536 bits per heavy atom. The van der Waals surface area contributed by atoms with Crippen LogP contribution < -0.4 is 0 Å². The van der Waals surface area contributed by atoms with E-state index in [2.05, 4.69) is 93.7 Å². The number of hydrogen-bond acceptors (Lipinski definition) is 6. The maximum Gasteiger partial charge on any atom is 0.306 e. The van der Waals surface area contributed by atoms with Gasteiger partial charge in [0.2, 0.25) is 0 Å². The van der Waals surface area contributed by atoms with Gasteiger partial charge in [-0.05, 0) is 109 Å². The Balaban J connectivity index is 4.46. The van der Waals surface area contributed by atoms with Crippen LogP contribution in [0, 0.1) is 0 Å². The third-order valence-corrected chi connectivity index (χ3v) is 12.7. The number of allylic oxidation sites excluding steroid dienone is 12. The molecule has 0 saturated carbocycles. The van der Waals surface area contributed by atoms with E-state index in [-0.39, 0.29) is 37.5 Å². The number of esters is 3. The van der Waals surface area contributed by atoms with E-state index in [1.807, 2.05) is 0 Å². The van der Waals surface area contributed by atoms with Gasteiger partial charge in [0, 0.05) is 19.3 Å². The van der Waals surface area contributed by atoms with Gasteiger partial charge in [-0.2, -0.15) is 0 Å². The van der Waals surface area contributed by atoms with E-state index in [4.69, 9.17) is 14.2 Å². The van der Waals surface area contributed by atoms with Gasteiger partial charge in [0.1, 0.15) is 13.2 Å². The molecular formula is C63H110O6. The quantitative estimate of drug-likeness (QED) is 0.0262. The first-order chi connectivity index (χ1) is 34.0. The largest absolute Gasteiger partial charge is 0.462 e.